The van der Waals surface area contributed by atoms with Crippen LogP contribution in [0.4, 0.5) is 5.69 Å². The average Bonchev–Trinajstić information content (AvgIpc) is 2.06. The minimum atomic E-state index is -0.917. The van der Waals surface area contributed by atoms with Crippen molar-refractivity contribution in [2.45, 2.75) is 6.82 Å². The van der Waals surface area contributed by atoms with Gasteiger partial charge in [0.2, 0.25) is 0 Å². The summed E-state index contributed by atoms with van der Waals surface area (Å²) in [5.74, 6) is 0. The van der Waals surface area contributed by atoms with Crippen LogP contribution in [0.2, 0.25) is 6.82 Å². The molecule has 14 heavy (non-hydrogen) atoms. The van der Waals surface area contributed by atoms with E-state index in [1.165, 1.54) is 6.82 Å². The van der Waals surface area contributed by atoms with Crippen molar-refractivity contribution in [3.8, 4) is 0 Å². The van der Waals surface area contributed by atoms with Crippen molar-refractivity contribution in [1.82, 2.24) is 0 Å². The van der Waals surface area contributed by atoms with Gasteiger partial charge in [0.25, 0.3) is 0 Å². The summed E-state index contributed by atoms with van der Waals surface area (Å²) >= 11 is 0. The third-order valence-corrected chi connectivity index (χ3v) is 0.969. The second kappa shape index (κ2) is 10.9. The topological polar surface area (TPSA) is 73.1 Å². The van der Waals surface area contributed by atoms with Crippen molar-refractivity contribution in [3.63, 3.8) is 0 Å². The van der Waals surface area contributed by atoms with Crippen LogP contribution < -0.4 is 5.32 Å². The normalized spacial score (nSPS) is 7.36. The molecule has 0 unspecified atom stereocenters. The average molecular weight is 267 g/mol. The monoisotopic (exact) mass is 267 g/mol. The Balaban J connectivity index is 0. The molecule has 1 rings (SSSR count). The van der Waals surface area contributed by atoms with E-state index in [9.17, 15) is 4.79 Å². The van der Waals surface area contributed by atoms with Crippen LogP contribution in [0.1, 0.15) is 0 Å². The van der Waals surface area contributed by atoms with E-state index in [1.807, 2.05) is 18.2 Å². The molecule has 0 fully saturated rings. The quantitative estimate of drug-likeness (QED) is 0.481. The molecule has 0 saturated carbocycles. The van der Waals surface area contributed by atoms with Gasteiger partial charge < -0.3 is 20.8 Å². The molecule has 0 aliphatic heterocycles. The van der Waals surface area contributed by atoms with Crippen molar-refractivity contribution in [2.24, 2.45) is 0 Å². The van der Waals surface area contributed by atoms with Crippen LogP contribution in [-0.2, 0) is 37.5 Å². The minimum Gasteiger partial charge on any atom is -0.676 e. The van der Waals surface area contributed by atoms with Gasteiger partial charge in [0, 0.05) is 0 Å². The zero-order valence-electron chi connectivity index (χ0n) is 7.90. The van der Waals surface area contributed by atoms with Crippen LogP contribution in [0.15, 0.2) is 30.3 Å². The van der Waals surface area contributed by atoms with E-state index in [2.05, 4.69) is 5.32 Å². The first-order chi connectivity index (χ1) is 6.16. The van der Waals surface area contributed by atoms with E-state index in [0.29, 0.717) is 0 Å². The molecule has 1 aromatic rings. The number of anilines is 1. The van der Waals surface area contributed by atoms with Crippen molar-refractivity contribution in [2.75, 3.05) is 5.32 Å². The minimum absolute atomic E-state index is 0. The zero-order valence-corrected chi connectivity index (χ0v) is 10.7. The number of rotatable bonds is 2. The fraction of sp³-hybridized carbons (Fsp3) is 0.125. The molecule has 70 valence electrons. The van der Waals surface area contributed by atoms with E-state index < -0.39 is 7.05 Å². The largest absolute Gasteiger partial charge is 3.00 e. The number of benzene rings is 1. The Morgan fingerprint density at radius 3 is 2.21 bits per heavy atom. The number of para-hydroxylation sites is 1. The first kappa shape index (κ1) is 16.2. The van der Waals surface area contributed by atoms with Gasteiger partial charge in [-0.1, -0.05) is 25.0 Å². The number of nitrogens with one attached hydrogen (secondary N) is 2. The van der Waals surface area contributed by atoms with Gasteiger partial charge in [0.05, 0.1) is 6.41 Å². The molecular formula is C8H11BN2O2Y+. The van der Waals surface area contributed by atoms with E-state index >= 15 is 0 Å². The molecular weight excluding hydrogens is 256 g/mol. The maximum atomic E-state index is 9.74. The first-order valence-corrected chi connectivity index (χ1v) is 3.74. The molecule has 6 heteroatoms. The Morgan fingerprint density at radius 2 is 1.86 bits per heavy atom. The van der Waals surface area contributed by atoms with E-state index in [1.54, 1.807) is 18.5 Å². The van der Waals surface area contributed by atoms with E-state index in [0.717, 1.165) is 5.69 Å². The van der Waals surface area contributed by atoms with Gasteiger partial charge in [-0.2, -0.15) is 0 Å². The van der Waals surface area contributed by atoms with Crippen LogP contribution in [0.3, 0.4) is 0 Å². The Bertz CT molecular complexity index is 231. The molecule has 0 saturated heterocycles. The maximum Gasteiger partial charge on any atom is 3.00 e. The van der Waals surface area contributed by atoms with Crippen LogP contribution >= 0.6 is 0 Å². The fourth-order valence-corrected chi connectivity index (χ4v) is 0.580. The maximum absolute atomic E-state index is 9.74. The van der Waals surface area contributed by atoms with Crippen LogP contribution in [0.25, 0.3) is 5.64 Å². The third-order valence-electron chi connectivity index (χ3n) is 0.969. The second-order valence-corrected chi connectivity index (χ2v) is 2.27. The van der Waals surface area contributed by atoms with Crippen molar-refractivity contribution in [1.29, 1.82) is 0 Å². The van der Waals surface area contributed by atoms with Gasteiger partial charge in [-0.05, 0) is 0 Å². The van der Waals surface area contributed by atoms with Crippen LogP contribution in [0.5, 0.6) is 0 Å². The Kier molecular flexibility index (Phi) is 12.6. The van der Waals surface area contributed by atoms with Gasteiger partial charge >= 0.3 is 32.7 Å². The second-order valence-electron chi connectivity index (χ2n) is 2.27. The van der Waals surface area contributed by atoms with Gasteiger partial charge in [0.1, 0.15) is 0 Å². The summed E-state index contributed by atoms with van der Waals surface area (Å²) < 4.78 is 0. The predicted molar refractivity (Wildman–Crippen MR) is 53.9 cm³/mol. The van der Waals surface area contributed by atoms with Crippen molar-refractivity contribution in [3.05, 3.63) is 36.0 Å². The first-order valence-electron chi connectivity index (χ1n) is 3.74. The fourth-order valence-electron chi connectivity index (χ4n) is 0.580. The summed E-state index contributed by atoms with van der Waals surface area (Å²) in [5, 5.41) is 10.1. The molecule has 0 aliphatic carbocycles. The van der Waals surface area contributed by atoms with Crippen molar-refractivity contribution >= 4 is 19.1 Å². The predicted octanol–water partition coefficient (Wildman–Crippen LogP) is 1.31. The smallest absolute Gasteiger partial charge is 0.676 e. The molecule has 0 bridgehead atoms. The molecule has 3 N–H and O–H groups in total. The van der Waals surface area contributed by atoms with Gasteiger partial charge in [-0.25, -0.2) is 0 Å². The SMILES string of the molecule is CB([NH-])O.O=[C-]Nc1ccccc1.[Y+3]. The molecule has 0 atom stereocenters. The van der Waals surface area contributed by atoms with Gasteiger partial charge in [0.15, 0.2) is 7.05 Å². The number of carbonyl (C=O) groups excluding carboxylic acids is 1. The van der Waals surface area contributed by atoms with Gasteiger partial charge in [-0.15, -0.1) is 17.8 Å². The van der Waals surface area contributed by atoms with Crippen LogP contribution in [-0.4, -0.2) is 18.5 Å². The summed E-state index contributed by atoms with van der Waals surface area (Å²) in [4.78, 5) is 9.74. The molecule has 0 aromatic heterocycles. The molecule has 0 heterocycles. The Labute approximate surface area is 109 Å². The zero-order chi connectivity index (χ0) is 10.1. The summed E-state index contributed by atoms with van der Waals surface area (Å²) in [6.45, 7) is 1.39. The molecule has 4 nitrogen and oxygen atoms in total. The third kappa shape index (κ3) is 11.8. The Morgan fingerprint density at radius 1 is 1.43 bits per heavy atom. The van der Waals surface area contributed by atoms with E-state index in [4.69, 9.17) is 10.7 Å². The number of hydrogen-bond acceptors (Lipinski definition) is 2. The Hall–Kier alpha value is -0.221. The summed E-state index contributed by atoms with van der Waals surface area (Å²) in [6.07, 6.45) is 1.58. The summed E-state index contributed by atoms with van der Waals surface area (Å²) in [7, 11) is -0.917. The number of amides is 1. The molecule has 0 radical (unpaired) electrons. The molecule has 0 aliphatic rings. The molecule has 1 aromatic carbocycles. The standard InChI is InChI=1S/C7H6NO.CH5BNO.Y/c9-6-8-7-4-2-1-3-5-7;1-2(3)4;/h1-5H,(H,8,9);3-4H,1H3;/q2*-1;+3. The van der Waals surface area contributed by atoms with E-state index in [-0.39, 0.29) is 32.7 Å². The summed E-state index contributed by atoms with van der Waals surface area (Å²) in [6, 6.07) is 9.17. The van der Waals surface area contributed by atoms with Crippen LogP contribution in [0, 0.1) is 0 Å². The molecule has 1 amide bonds. The van der Waals surface area contributed by atoms with Crippen molar-refractivity contribution < 1.29 is 42.5 Å². The summed E-state index contributed by atoms with van der Waals surface area (Å²) in [5.41, 5.74) is 6.91. The molecule has 0 spiro atoms. The van der Waals surface area contributed by atoms with Gasteiger partial charge in [-0.3, -0.25) is 0 Å². The number of hydrogen-bond donors (Lipinski definition) is 2.